The zero-order chi connectivity index (χ0) is 13.0. The Hall–Kier alpha value is -2.09. The van der Waals surface area contributed by atoms with E-state index in [1.54, 1.807) is 0 Å². The first-order valence-corrected chi connectivity index (χ1v) is 6.35. The van der Waals surface area contributed by atoms with Crippen LogP contribution < -0.4 is 0 Å². The lowest BCUT2D eigenvalue weighted by molar-refractivity contribution is 1.17. The van der Waals surface area contributed by atoms with Crippen LogP contribution in [-0.2, 0) is 0 Å². The molecule has 0 bridgehead atoms. The summed E-state index contributed by atoms with van der Waals surface area (Å²) in [5.74, 6) is 0.959. The standard InChI is InChI=1S/C14H12N2.C2H6/c1-10-15-13-8-7-12(9-14(13)16-10)11-5-3-2-4-6-11;1-2/h2-9H,1H3,(H,15,16);1-2H3. The monoisotopic (exact) mass is 238 g/mol. The molecular formula is C16H18N2. The number of hydrogen-bond donors (Lipinski definition) is 1. The molecule has 2 nitrogen and oxygen atoms in total. The average molecular weight is 238 g/mol. The second kappa shape index (κ2) is 5.50. The number of imidazole rings is 1. The lowest BCUT2D eigenvalue weighted by Gasteiger charge is -2.00. The maximum atomic E-state index is 4.39. The third-order valence-electron chi connectivity index (χ3n) is 2.71. The first kappa shape index (κ1) is 12.4. The SMILES string of the molecule is CC.Cc1nc2ccc(-c3ccccc3)cc2[nH]1. The molecule has 3 aromatic rings. The Morgan fingerprint density at radius 1 is 0.889 bits per heavy atom. The van der Waals surface area contributed by atoms with Gasteiger partial charge in [0.05, 0.1) is 11.0 Å². The van der Waals surface area contributed by atoms with E-state index >= 15 is 0 Å². The van der Waals surface area contributed by atoms with Crippen molar-refractivity contribution in [3.8, 4) is 11.1 Å². The molecule has 0 fully saturated rings. The van der Waals surface area contributed by atoms with Crippen LogP contribution in [0.2, 0.25) is 0 Å². The maximum absolute atomic E-state index is 4.39. The van der Waals surface area contributed by atoms with Crippen molar-refractivity contribution >= 4 is 11.0 Å². The zero-order valence-corrected chi connectivity index (χ0v) is 11.1. The molecule has 0 aliphatic rings. The molecule has 0 atom stereocenters. The van der Waals surface area contributed by atoms with E-state index in [9.17, 15) is 0 Å². The van der Waals surface area contributed by atoms with Gasteiger partial charge in [-0.05, 0) is 30.2 Å². The number of fused-ring (bicyclic) bond motifs is 1. The van der Waals surface area contributed by atoms with Gasteiger partial charge in [-0.1, -0.05) is 50.2 Å². The number of rotatable bonds is 1. The van der Waals surface area contributed by atoms with Crippen LogP contribution in [0.1, 0.15) is 19.7 Å². The molecule has 1 heterocycles. The van der Waals surface area contributed by atoms with Gasteiger partial charge in [-0.15, -0.1) is 0 Å². The Morgan fingerprint density at radius 3 is 2.33 bits per heavy atom. The summed E-state index contributed by atoms with van der Waals surface area (Å²) >= 11 is 0. The first-order chi connectivity index (χ1) is 8.83. The van der Waals surface area contributed by atoms with Gasteiger partial charge in [0.15, 0.2) is 0 Å². The fraction of sp³-hybridized carbons (Fsp3) is 0.188. The van der Waals surface area contributed by atoms with Crippen LogP contribution in [0.25, 0.3) is 22.2 Å². The van der Waals surface area contributed by atoms with Gasteiger partial charge in [-0.2, -0.15) is 0 Å². The van der Waals surface area contributed by atoms with E-state index in [1.165, 1.54) is 11.1 Å². The zero-order valence-electron chi connectivity index (χ0n) is 11.1. The van der Waals surface area contributed by atoms with Crippen molar-refractivity contribution in [2.45, 2.75) is 20.8 Å². The fourth-order valence-electron chi connectivity index (χ4n) is 1.95. The number of aromatic nitrogens is 2. The number of nitrogens with zero attached hydrogens (tertiary/aromatic N) is 1. The molecule has 2 heteroatoms. The molecule has 0 radical (unpaired) electrons. The lowest BCUT2D eigenvalue weighted by atomic mass is 10.1. The van der Waals surface area contributed by atoms with Crippen LogP contribution in [0.15, 0.2) is 48.5 Å². The predicted octanol–water partition coefficient (Wildman–Crippen LogP) is 4.56. The van der Waals surface area contributed by atoms with Crippen LogP contribution in [0.5, 0.6) is 0 Å². The minimum Gasteiger partial charge on any atom is -0.342 e. The van der Waals surface area contributed by atoms with Crippen molar-refractivity contribution < 1.29 is 0 Å². The van der Waals surface area contributed by atoms with Crippen LogP contribution in [0.4, 0.5) is 0 Å². The summed E-state index contributed by atoms with van der Waals surface area (Å²) in [7, 11) is 0. The fourth-order valence-corrected chi connectivity index (χ4v) is 1.95. The molecule has 0 saturated heterocycles. The lowest BCUT2D eigenvalue weighted by Crippen LogP contribution is -1.77. The molecule has 92 valence electrons. The van der Waals surface area contributed by atoms with E-state index < -0.39 is 0 Å². The van der Waals surface area contributed by atoms with Gasteiger partial charge in [0.2, 0.25) is 0 Å². The van der Waals surface area contributed by atoms with Crippen LogP contribution >= 0.6 is 0 Å². The molecular weight excluding hydrogens is 220 g/mol. The molecule has 0 spiro atoms. The Labute approximate surface area is 108 Å². The van der Waals surface area contributed by atoms with Gasteiger partial charge in [0, 0.05) is 0 Å². The molecule has 3 rings (SSSR count). The van der Waals surface area contributed by atoms with Crippen LogP contribution in [0.3, 0.4) is 0 Å². The molecule has 1 N–H and O–H groups in total. The second-order valence-electron chi connectivity index (χ2n) is 3.92. The number of H-pyrrole nitrogens is 1. The smallest absolute Gasteiger partial charge is 0.104 e. The highest BCUT2D eigenvalue weighted by Gasteiger charge is 2.01. The summed E-state index contributed by atoms with van der Waals surface area (Å²) < 4.78 is 0. The number of aryl methyl sites for hydroxylation is 1. The molecule has 1 aromatic heterocycles. The molecule has 2 aromatic carbocycles. The highest BCUT2D eigenvalue weighted by Crippen LogP contribution is 2.22. The maximum Gasteiger partial charge on any atom is 0.104 e. The minimum absolute atomic E-state index is 0.959. The summed E-state index contributed by atoms with van der Waals surface area (Å²) in [5.41, 5.74) is 4.57. The van der Waals surface area contributed by atoms with E-state index in [0.29, 0.717) is 0 Å². The number of hydrogen-bond acceptors (Lipinski definition) is 1. The summed E-state index contributed by atoms with van der Waals surface area (Å²) in [6, 6.07) is 16.7. The highest BCUT2D eigenvalue weighted by molar-refractivity contribution is 5.81. The summed E-state index contributed by atoms with van der Waals surface area (Å²) in [6.07, 6.45) is 0. The van der Waals surface area contributed by atoms with Gasteiger partial charge in [0.25, 0.3) is 0 Å². The topological polar surface area (TPSA) is 28.7 Å². The van der Waals surface area contributed by atoms with Gasteiger partial charge < -0.3 is 4.98 Å². The van der Waals surface area contributed by atoms with E-state index in [2.05, 4.69) is 52.4 Å². The van der Waals surface area contributed by atoms with Crippen molar-refractivity contribution in [3.05, 3.63) is 54.4 Å². The van der Waals surface area contributed by atoms with Crippen LogP contribution in [-0.4, -0.2) is 9.97 Å². The normalized spacial score (nSPS) is 9.94. The largest absolute Gasteiger partial charge is 0.342 e. The molecule has 0 unspecified atom stereocenters. The summed E-state index contributed by atoms with van der Waals surface area (Å²) in [4.78, 5) is 7.65. The van der Waals surface area contributed by atoms with E-state index in [4.69, 9.17) is 0 Å². The quantitative estimate of drug-likeness (QED) is 0.661. The molecule has 0 aliphatic heterocycles. The van der Waals surface area contributed by atoms with E-state index in [0.717, 1.165) is 16.9 Å². The molecule has 0 aliphatic carbocycles. The number of aromatic amines is 1. The average Bonchev–Trinajstić information content (AvgIpc) is 2.81. The Balaban J connectivity index is 0.000000574. The van der Waals surface area contributed by atoms with Crippen LogP contribution in [0, 0.1) is 6.92 Å². The third kappa shape index (κ3) is 2.43. The van der Waals surface area contributed by atoms with Crippen molar-refractivity contribution in [2.24, 2.45) is 0 Å². The van der Waals surface area contributed by atoms with Crippen molar-refractivity contribution in [1.82, 2.24) is 9.97 Å². The third-order valence-corrected chi connectivity index (χ3v) is 2.71. The summed E-state index contributed by atoms with van der Waals surface area (Å²) in [6.45, 7) is 5.97. The van der Waals surface area contributed by atoms with Crippen molar-refractivity contribution in [2.75, 3.05) is 0 Å². The molecule has 18 heavy (non-hydrogen) atoms. The second-order valence-corrected chi connectivity index (χ2v) is 3.92. The summed E-state index contributed by atoms with van der Waals surface area (Å²) in [5, 5.41) is 0. The predicted molar refractivity (Wildman–Crippen MR) is 77.6 cm³/mol. The first-order valence-electron chi connectivity index (χ1n) is 6.35. The van der Waals surface area contributed by atoms with Crippen molar-refractivity contribution in [3.63, 3.8) is 0 Å². The Kier molecular flexibility index (Phi) is 3.78. The van der Waals surface area contributed by atoms with E-state index in [-0.39, 0.29) is 0 Å². The molecule has 0 amide bonds. The number of benzene rings is 2. The van der Waals surface area contributed by atoms with E-state index in [1.807, 2.05) is 26.8 Å². The van der Waals surface area contributed by atoms with Gasteiger partial charge >= 0.3 is 0 Å². The molecule has 0 saturated carbocycles. The Morgan fingerprint density at radius 2 is 1.61 bits per heavy atom. The number of nitrogens with one attached hydrogen (secondary N) is 1. The van der Waals surface area contributed by atoms with Gasteiger partial charge in [0.1, 0.15) is 5.82 Å². The van der Waals surface area contributed by atoms with Crippen molar-refractivity contribution in [1.29, 1.82) is 0 Å². The minimum atomic E-state index is 0.959. The Bertz CT molecular complexity index is 624. The highest BCUT2D eigenvalue weighted by atomic mass is 14.9. The van der Waals surface area contributed by atoms with Gasteiger partial charge in [-0.3, -0.25) is 0 Å². The van der Waals surface area contributed by atoms with Gasteiger partial charge in [-0.25, -0.2) is 4.98 Å².